The number of hydrogen-bond acceptors (Lipinski definition) is 4. The van der Waals surface area contributed by atoms with Gasteiger partial charge in [0.2, 0.25) is 0 Å². The molecular weight excluding hydrogens is 396 g/mol. The molecule has 0 aromatic heterocycles. The van der Waals surface area contributed by atoms with Crippen molar-refractivity contribution in [3.63, 3.8) is 0 Å². The number of carbonyl (C=O) groups excluding carboxylic acids is 1. The van der Waals surface area contributed by atoms with E-state index in [4.69, 9.17) is 4.74 Å². The molecule has 2 N–H and O–H groups in total. The third-order valence-electron chi connectivity index (χ3n) is 4.69. The van der Waals surface area contributed by atoms with E-state index in [0.717, 1.165) is 32.5 Å². The van der Waals surface area contributed by atoms with E-state index in [-0.39, 0.29) is 23.3 Å². The number of carbonyl (C=O) groups is 1. The maximum absolute atomic E-state index is 12.7. The summed E-state index contributed by atoms with van der Waals surface area (Å²) in [5, 5.41) is 13.1. The predicted octanol–water partition coefficient (Wildman–Crippen LogP) is 3.56. The highest BCUT2D eigenvalue weighted by Crippen LogP contribution is 2.35. The molecule has 2 aromatic carbocycles. The first-order valence-electron chi connectivity index (χ1n) is 8.71. The molecule has 3 rings (SSSR count). The Hall–Kier alpha value is -2.05. The summed E-state index contributed by atoms with van der Waals surface area (Å²) >= 11 is 3.35. The van der Waals surface area contributed by atoms with E-state index in [1.165, 1.54) is 18.7 Å². The number of aromatic hydroxyl groups is 1. The van der Waals surface area contributed by atoms with Crippen LogP contribution in [-0.4, -0.2) is 42.2 Å². The van der Waals surface area contributed by atoms with Crippen LogP contribution in [0, 0.1) is 0 Å². The fourth-order valence-electron chi connectivity index (χ4n) is 3.30. The van der Waals surface area contributed by atoms with Gasteiger partial charge in [-0.2, -0.15) is 0 Å². The fraction of sp³-hybridized carbons (Fsp3) is 0.350. The van der Waals surface area contributed by atoms with E-state index in [1.54, 1.807) is 6.07 Å². The Morgan fingerprint density at radius 3 is 2.58 bits per heavy atom. The molecule has 1 heterocycles. The van der Waals surface area contributed by atoms with E-state index in [2.05, 4.69) is 50.4 Å². The Balaban J connectivity index is 1.58. The Morgan fingerprint density at radius 2 is 1.92 bits per heavy atom. The van der Waals surface area contributed by atoms with Crippen LogP contribution in [0.25, 0.3) is 0 Å². The van der Waals surface area contributed by atoms with Gasteiger partial charge in [0.05, 0.1) is 11.6 Å². The van der Waals surface area contributed by atoms with E-state index in [1.807, 2.05) is 6.07 Å². The molecule has 0 atom stereocenters. The number of nitrogens with one attached hydrogen (secondary N) is 1. The number of nitrogens with zero attached hydrogens (tertiary/aromatic N) is 1. The zero-order chi connectivity index (χ0) is 18.5. The molecule has 1 amide bonds. The minimum Gasteiger partial charge on any atom is -0.507 e. The van der Waals surface area contributed by atoms with Gasteiger partial charge in [-0.15, -0.1) is 0 Å². The summed E-state index contributed by atoms with van der Waals surface area (Å²) in [5.41, 5.74) is 1.48. The molecule has 138 valence electrons. The van der Waals surface area contributed by atoms with Crippen LogP contribution in [0.15, 0.2) is 46.9 Å². The van der Waals surface area contributed by atoms with Gasteiger partial charge >= 0.3 is 0 Å². The molecule has 26 heavy (non-hydrogen) atoms. The molecule has 6 heteroatoms. The van der Waals surface area contributed by atoms with Gasteiger partial charge in [-0.25, -0.2) is 0 Å². The fourth-order valence-corrected chi connectivity index (χ4v) is 3.79. The summed E-state index contributed by atoms with van der Waals surface area (Å²) in [4.78, 5) is 15.1. The minimum absolute atomic E-state index is 0.0796. The Kier molecular flexibility index (Phi) is 6.16. The number of phenols is 1. The topological polar surface area (TPSA) is 61.8 Å². The van der Waals surface area contributed by atoms with Gasteiger partial charge in [0.1, 0.15) is 17.1 Å². The third-order valence-corrected chi connectivity index (χ3v) is 5.32. The van der Waals surface area contributed by atoms with Gasteiger partial charge in [0.15, 0.2) is 0 Å². The lowest BCUT2D eigenvalue weighted by Gasteiger charge is -2.32. The van der Waals surface area contributed by atoms with Crippen molar-refractivity contribution < 1.29 is 14.6 Å². The first kappa shape index (κ1) is 18.7. The van der Waals surface area contributed by atoms with Crippen molar-refractivity contribution >= 4 is 21.8 Å². The molecule has 0 saturated carbocycles. The second-order valence-corrected chi connectivity index (χ2v) is 7.34. The highest BCUT2D eigenvalue weighted by molar-refractivity contribution is 9.10. The predicted molar refractivity (Wildman–Crippen MR) is 105 cm³/mol. The maximum atomic E-state index is 12.7. The first-order valence-corrected chi connectivity index (χ1v) is 9.50. The number of ether oxygens (including phenoxy) is 1. The van der Waals surface area contributed by atoms with Gasteiger partial charge in [0.25, 0.3) is 5.91 Å². The van der Waals surface area contributed by atoms with Crippen LogP contribution in [0.2, 0.25) is 0 Å². The Morgan fingerprint density at radius 1 is 1.23 bits per heavy atom. The van der Waals surface area contributed by atoms with Crippen LogP contribution < -0.4 is 10.1 Å². The molecular formula is C20H23BrN2O3. The number of halogens is 1. The molecule has 1 fully saturated rings. The molecule has 0 unspecified atom stereocenters. The lowest BCUT2D eigenvalue weighted by Crippen LogP contribution is -2.44. The van der Waals surface area contributed by atoms with Gasteiger partial charge in [-0.3, -0.25) is 9.69 Å². The van der Waals surface area contributed by atoms with Crippen LogP contribution in [0.5, 0.6) is 11.5 Å². The number of benzene rings is 2. The molecule has 0 aliphatic carbocycles. The zero-order valence-electron chi connectivity index (χ0n) is 14.7. The molecule has 0 radical (unpaired) electrons. The highest BCUT2D eigenvalue weighted by atomic mass is 79.9. The van der Waals surface area contributed by atoms with Crippen LogP contribution >= 0.6 is 15.9 Å². The van der Waals surface area contributed by atoms with Crippen molar-refractivity contribution in [2.45, 2.75) is 25.4 Å². The average molecular weight is 419 g/mol. The number of amides is 1. The van der Waals surface area contributed by atoms with Crippen LogP contribution in [0.3, 0.4) is 0 Å². The third kappa shape index (κ3) is 4.37. The van der Waals surface area contributed by atoms with Gasteiger partial charge in [0, 0.05) is 25.7 Å². The molecule has 5 nitrogen and oxygen atoms in total. The lowest BCUT2D eigenvalue weighted by molar-refractivity contribution is 0.0903. The highest BCUT2D eigenvalue weighted by Gasteiger charge is 2.25. The molecule has 2 aromatic rings. The SMILES string of the molecule is COc1c(Br)ccc(O)c1C(=O)NC1CCN(Cc2ccccc2)CC1. The average Bonchev–Trinajstić information content (AvgIpc) is 2.65. The molecule has 1 aliphatic heterocycles. The number of methoxy groups -OCH3 is 1. The summed E-state index contributed by atoms with van der Waals surface area (Å²) in [6.45, 7) is 2.80. The van der Waals surface area contributed by atoms with Crippen molar-refractivity contribution in [2.24, 2.45) is 0 Å². The van der Waals surface area contributed by atoms with Gasteiger partial charge < -0.3 is 15.2 Å². The van der Waals surface area contributed by atoms with E-state index in [0.29, 0.717) is 10.2 Å². The first-order chi connectivity index (χ1) is 12.6. The van der Waals surface area contributed by atoms with Gasteiger partial charge in [-0.1, -0.05) is 30.3 Å². The summed E-state index contributed by atoms with van der Waals surface area (Å²) in [6.07, 6.45) is 1.77. The van der Waals surface area contributed by atoms with E-state index in [9.17, 15) is 9.90 Å². The summed E-state index contributed by atoms with van der Waals surface area (Å²) in [7, 11) is 1.48. The van der Waals surface area contributed by atoms with Crippen LogP contribution in [0.4, 0.5) is 0 Å². The molecule has 1 aliphatic rings. The standard InChI is InChI=1S/C20H23BrN2O3/c1-26-19-16(21)7-8-17(24)18(19)20(25)22-15-9-11-23(12-10-15)13-14-5-3-2-4-6-14/h2-8,15,24H,9-13H2,1H3,(H,22,25). The number of likely N-dealkylation sites (tertiary alicyclic amines) is 1. The van der Waals surface area contributed by atoms with Crippen molar-refractivity contribution in [1.82, 2.24) is 10.2 Å². The molecule has 0 bridgehead atoms. The summed E-state index contributed by atoms with van der Waals surface area (Å²) in [5.74, 6) is -0.0322. The lowest BCUT2D eigenvalue weighted by atomic mass is 10.0. The van der Waals surface area contributed by atoms with Crippen molar-refractivity contribution in [1.29, 1.82) is 0 Å². The summed E-state index contributed by atoms with van der Waals surface area (Å²) < 4.78 is 5.91. The number of hydrogen-bond donors (Lipinski definition) is 2. The van der Waals surface area contributed by atoms with Crippen molar-refractivity contribution in [3.8, 4) is 11.5 Å². The normalized spacial score (nSPS) is 15.6. The smallest absolute Gasteiger partial charge is 0.259 e. The van der Waals surface area contributed by atoms with Gasteiger partial charge in [-0.05, 0) is 46.5 Å². The van der Waals surface area contributed by atoms with E-state index >= 15 is 0 Å². The molecule has 1 saturated heterocycles. The van der Waals surface area contributed by atoms with E-state index < -0.39 is 0 Å². The second-order valence-electron chi connectivity index (χ2n) is 6.48. The Labute approximate surface area is 162 Å². The monoisotopic (exact) mass is 418 g/mol. The van der Waals surface area contributed by atoms with Crippen LogP contribution in [-0.2, 0) is 6.54 Å². The maximum Gasteiger partial charge on any atom is 0.259 e. The number of rotatable bonds is 5. The Bertz CT molecular complexity index is 759. The van der Waals surface area contributed by atoms with Crippen molar-refractivity contribution in [3.05, 3.63) is 58.1 Å². The van der Waals surface area contributed by atoms with Crippen LogP contribution in [0.1, 0.15) is 28.8 Å². The quantitative estimate of drug-likeness (QED) is 0.778. The zero-order valence-corrected chi connectivity index (χ0v) is 16.3. The number of piperidine rings is 1. The van der Waals surface area contributed by atoms with Crippen molar-refractivity contribution in [2.75, 3.05) is 20.2 Å². The second kappa shape index (κ2) is 8.56. The molecule has 0 spiro atoms. The number of phenolic OH excluding ortho intramolecular Hbond substituents is 1. The minimum atomic E-state index is -0.304. The summed E-state index contributed by atoms with van der Waals surface area (Å²) in [6, 6.07) is 13.7. The largest absolute Gasteiger partial charge is 0.507 e.